The van der Waals surface area contributed by atoms with Gasteiger partial charge in [0.1, 0.15) is 5.94 Å². The lowest BCUT2D eigenvalue weighted by Gasteiger charge is -2.13. The maximum atomic E-state index is 11.1. The maximum absolute atomic E-state index is 11.1. The highest BCUT2D eigenvalue weighted by atomic mass is 32.2. The number of hydrogen-bond donors (Lipinski definition) is 0. The lowest BCUT2D eigenvalue weighted by atomic mass is 10.1. The monoisotopic (exact) mass is 388 g/mol. The van der Waals surface area contributed by atoms with E-state index in [1.54, 1.807) is 11.8 Å². The van der Waals surface area contributed by atoms with E-state index in [1.807, 2.05) is 23.5 Å². The summed E-state index contributed by atoms with van der Waals surface area (Å²) in [6.45, 7) is 5.57. The van der Waals surface area contributed by atoms with Gasteiger partial charge in [0.25, 0.3) is 0 Å². The Balaban J connectivity index is 1.52. The molecule has 0 saturated carbocycles. The van der Waals surface area contributed by atoms with Crippen molar-refractivity contribution < 1.29 is 9.53 Å². The molecule has 1 aliphatic rings. The summed E-state index contributed by atoms with van der Waals surface area (Å²) in [6.07, 6.45) is 2.20. The van der Waals surface area contributed by atoms with Crippen LogP contribution in [0.4, 0.5) is 0 Å². The molecule has 2 unspecified atom stereocenters. The summed E-state index contributed by atoms with van der Waals surface area (Å²) in [6, 6.07) is 15.2. The number of thioether (sulfide) groups is 3. The predicted octanol–water partition coefficient (Wildman–Crippen LogP) is 6.36. The van der Waals surface area contributed by atoms with Crippen LogP contribution in [0.5, 0.6) is 0 Å². The minimum Gasteiger partial charge on any atom is -0.451 e. The molecule has 5 heteroatoms. The number of carbonyl (C=O) groups is 1. The van der Waals surface area contributed by atoms with Gasteiger partial charge in [-0.2, -0.15) is 0 Å². The van der Waals surface area contributed by atoms with Crippen LogP contribution in [0.2, 0.25) is 0 Å². The molecule has 0 bridgehead atoms. The second-order valence-electron chi connectivity index (χ2n) is 5.74. The summed E-state index contributed by atoms with van der Waals surface area (Å²) >= 11 is 5.46. The van der Waals surface area contributed by atoms with Gasteiger partial charge in [0.2, 0.25) is 0 Å². The highest BCUT2D eigenvalue weighted by Gasteiger charge is 2.22. The molecule has 1 heterocycles. The summed E-state index contributed by atoms with van der Waals surface area (Å²) < 4.78 is 5.46. The molecule has 0 aromatic heterocycles. The van der Waals surface area contributed by atoms with E-state index in [0.29, 0.717) is 15.8 Å². The number of esters is 1. The molecule has 2 nitrogen and oxygen atoms in total. The van der Waals surface area contributed by atoms with Crippen molar-refractivity contribution in [2.75, 3.05) is 5.94 Å². The summed E-state index contributed by atoms with van der Waals surface area (Å²) in [7, 11) is 0. The van der Waals surface area contributed by atoms with Gasteiger partial charge in [-0.05, 0) is 39.1 Å². The molecule has 0 saturated heterocycles. The Morgan fingerprint density at radius 1 is 1.32 bits per heavy atom. The highest BCUT2D eigenvalue weighted by Crippen LogP contribution is 2.52. The fourth-order valence-electron chi connectivity index (χ4n) is 2.54. The van der Waals surface area contributed by atoms with Crippen molar-refractivity contribution >= 4 is 52.0 Å². The fourth-order valence-corrected chi connectivity index (χ4v) is 6.08. The van der Waals surface area contributed by atoms with Gasteiger partial charge in [-0.3, -0.25) is 0 Å². The van der Waals surface area contributed by atoms with Crippen molar-refractivity contribution in [2.24, 2.45) is 0 Å². The fraction of sp³-hybridized carbons (Fsp3) is 0.250. The number of carbonyl (C=O) groups excluding carboxylic acids is 1. The van der Waals surface area contributed by atoms with Crippen LogP contribution >= 0.6 is 35.3 Å². The van der Waals surface area contributed by atoms with Crippen LogP contribution in [0, 0.1) is 0 Å². The molecule has 0 spiro atoms. The van der Waals surface area contributed by atoms with Crippen molar-refractivity contribution in [1.82, 2.24) is 0 Å². The third kappa shape index (κ3) is 5.09. The van der Waals surface area contributed by atoms with Crippen molar-refractivity contribution in [2.45, 2.75) is 23.2 Å². The number of rotatable bonds is 7. The number of allylic oxidation sites excluding steroid dienone is 1. The number of ether oxygens (including phenoxy) is 1. The standard InChI is InChI=1S/C20H20O2S3/c1-3-19(21)22-13-24-14(2)10-18-12-23-20(25-18)17-9-8-15-6-4-5-7-16(15)11-17/h3-9,11-12,14,20H,1,10,13H2,2H3. The van der Waals surface area contributed by atoms with Gasteiger partial charge in [0, 0.05) is 11.3 Å². The third-order valence-electron chi connectivity index (χ3n) is 3.84. The smallest absolute Gasteiger partial charge is 0.330 e. The van der Waals surface area contributed by atoms with Gasteiger partial charge in [-0.15, -0.1) is 35.3 Å². The first-order valence-electron chi connectivity index (χ1n) is 8.06. The second kappa shape index (κ2) is 8.88. The first kappa shape index (κ1) is 18.5. The van der Waals surface area contributed by atoms with Crippen LogP contribution in [-0.4, -0.2) is 17.2 Å². The first-order chi connectivity index (χ1) is 12.2. The molecule has 130 valence electrons. The summed E-state index contributed by atoms with van der Waals surface area (Å²) in [5.41, 5.74) is 1.36. The molecule has 2 aromatic rings. The van der Waals surface area contributed by atoms with Crippen LogP contribution in [0.3, 0.4) is 0 Å². The van der Waals surface area contributed by atoms with Crippen molar-refractivity contribution in [3.8, 4) is 0 Å². The van der Waals surface area contributed by atoms with Crippen LogP contribution in [-0.2, 0) is 9.53 Å². The number of benzene rings is 2. The van der Waals surface area contributed by atoms with Crippen molar-refractivity contribution in [3.63, 3.8) is 0 Å². The Morgan fingerprint density at radius 2 is 2.12 bits per heavy atom. The molecule has 25 heavy (non-hydrogen) atoms. The van der Waals surface area contributed by atoms with E-state index < -0.39 is 0 Å². The zero-order valence-electron chi connectivity index (χ0n) is 14.0. The Kier molecular flexibility index (Phi) is 6.57. The van der Waals surface area contributed by atoms with E-state index >= 15 is 0 Å². The van der Waals surface area contributed by atoms with Gasteiger partial charge in [0.15, 0.2) is 0 Å². The van der Waals surface area contributed by atoms with E-state index in [9.17, 15) is 4.79 Å². The summed E-state index contributed by atoms with van der Waals surface area (Å²) in [4.78, 5) is 12.5. The quantitative estimate of drug-likeness (QED) is 0.312. The van der Waals surface area contributed by atoms with Crippen LogP contribution in [0.1, 0.15) is 23.5 Å². The third-order valence-corrected chi connectivity index (χ3v) is 7.61. The minimum absolute atomic E-state index is 0.360. The molecule has 0 amide bonds. The second-order valence-corrected chi connectivity index (χ2v) is 9.63. The van der Waals surface area contributed by atoms with E-state index in [-0.39, 0.29) is 5.97 Å². The Bertz CT molecular complexity index is 800. The molecule has 0 fully saturated rings. The average Bonchev–Trinajstić information content (AvgIpc) is 3.09. The van der Waals surface area contributed by atoms with Gasteiger partial charge in [-0.25, -0.2) is 4.79 Å². The van der Waals surface area contributed by atoms with E-state index in [2.05, 4.69) is 61.4 Å². The molecule has 2 atom stereocenters. The molecule has 0 aliphatic carbocycles. The van der Waals surface area contributed by atoms with Crippen LogP contribution < -0.4 is 0 Å². The largest absolute Gasteiger partial charge is 0.451 e. The Labute approximate surface area is 161 Å². The summed E-state index contributed by atoms with van der Waals surface area (Å²) in [5, 5.41) is 5.26. The molecule has 0 N–H and O–H groups in total. The first-order valence-corrected chi connectivity index (χ1v) is 10.9. The van der Waals surface area contributed by atoms with E-state index in [0.717, 1.165) is 6.42 Å². The zero-order valence-corrected chi connectivity index (χ0v) is 16.5. The SMILES string of the molecule is C=CC(=O)OCSC(C)CC1=CSC(c2ccc3ccccc3c2)S1. The molecule has 2 aromatic carbocycles. The van der Waals surface area contributed by atoms with Gasteiger partial charge in [0.05, 0.1) is 4.58 Å². The van der Waals surface area contributed by atoms with Crippen LogP contribution in [0.25, 0.3) is 10.8 Å². The van der Waals surface area contributed by atoms with Crippen molar-refractivity contribution in [3.05, 3.63) is 71.0 Å². The zero-order chi connectivity index (χ0) is 17.6. The topological polar surface area (TPSA) is 26.3 Å². The van der Waals surface area contributed by atoms with Gasteiger partial charge >= 0.3 is 5.97 Å². The average molecular weight is 389 g/mol. The number of fused-ring (bicyclic) bond motifs is 1. The predicted molar refractivity (Wildman–Crippen MR) is 113 cm³/mol. The van der Waals surface area contributed by atoms with E-state index in [4.69, 9.17) is 4.74 Å². The van der Waals surface area contributed by atoms with Crippen LogP contribution in [0.15, 0.2) is 65.4 Å². The molecule has 0 radical (unpaired) electrons. The Hall–Kier alpha value is -1.30. The maximum Gasteiger partial charge on any atom is 0.330 e. The number of hydrogen-bond acceptors (Lipinski definition) is 5. The highest BCUT2D eigenvalue weighted by molar-refractivity contribution is 8.22. The molecular formula is C20H20O2S3. The van der Waals surface area contributed by atoms with Crippen molar-refractivity contribution in [1.29, 1.82) is 0 Å². The van der Waals surface area contributed by atoms with Gasteiger partial charge < -0.3 is 4.74 Å². The van der Waals surface area contributed by atoms with Gasteiger partial charge in [-0.1, -0.05) is 49.9 Å². The molecule has 1 aliphatic heterocycles. The summed E-state index contributed by atoms with van der Waals surface area (Å²) in [5.74, 6) is 0.0201. The lowest BCUT2D eigenvalue weighted by Crippen LogP contribution is -2.04. The molecular weight excluding hydrogens is 368 g/mol. The molecule has 3 rings (SSSR count). The minimum atomic E-state index is -0.360. The Morgan fingerprint density at radius 3 is 2.92 bits per heavy atom. The lowest BCUT2D eigenvalue weighted by molar-refractivity contribution is -0.135. The normalized spacial score (nSPS) is 18.0. The van der Waals surface area contributed by atoms with E-state index in [1.165, 1.54) is 27.3 Å².